The van der Waals surface area contributed by atoms with Gasteiger partial charge in [0.05, 0.1) is 24.2 Å². The minimum atomic E-state index is 0.0890. The molecule has 2 aromatic rings. The van der Waals surface area contributed by atoms with Crippen LogP contribution in [0.1, 0.15) is 29.0 Å². The van der Waals surface area contributed by atoms with E-state index in [4.69, 9.17) is 9.72 Å². The highest BCUT2D eigenvalue weighted by Gasteiger charge is 2.20. The van der Waals surface area contributed by atoms with Crippen molar-refractivity contribution >= 4 is 16.9 Å². The molecule has 0 saturated carbocycles. The van der Waals surface area contributed by atoms with Crippen LogP contribution in [0.3, 0.4) is 0 Å². The minimum absolute atomic E-state index is 0.0890. The third kappa shape index (κ3) is 2.21. The van der Waals surface area contributed by atoms with Gasteiger partial charge in [-0.15, -0.1) is 0 Å². The highest BCUT2D eigenvalue weighted by molar-refractivity contribution is 5.97. The number of carbonyl (C=O) groups is 1. The Labute approximate surface area is 123 Å². The lowest BCUT2D eigenvalue weighted by Crippen LogP contribution is -2.40. The van der Waals surface area contributed by atoms with E-state index in [1.165, 1.54) is 12.8 Å². The Morgan fingerprint density at radius 1 is 1.14 bits per heavy atom. The average Bonchev–Trinajstić information content (AvgIpc) is 2.92. The number of aryl methyl sites for hydroxylation is 2. The van der Waals surface area contributed by atoms with Crippen molar-refractivity contribution in [3.05, 3.63) is 29.6 Å². The van der Waals surface area contributed by atoms with E-state index in [1.54, 1.807) is 0 Å². The fourth-order valence-electron chi connectivity index (χ4n) is 3.26. The molecule has 110 valence electrons. The molecule has 5 heteroatoms. The first kappa shape index (κ1) is 12.8. The molecule has 0 N–H and O–H groups in total. The van der Waals surface area contributed by atoms with Gasteiger partial charge in [-0.05, 0) is 31.0 Å². The number of ether oxygens (including phenoxy) is 1. The molecule has 1 aromatic carbocycles. The molecule has 4 rings (SSSR count). The van der Waals surface area contributed by atoms with Gasteiger partial charge >= 0.3 is 0 Å². The molecule has 0 bridgehead atoms. The van der Waals surface area contributed by atoms with Gasteiger partial charge in [-0.3, -0.25) is 4.79 Å². The van der Waals surface area contributed by atoms with Gasteiger partial charge in [-0.25, -0.2) is 4.98 Å². The van der Waals surface area contributed by atoms with E-state index in [0.29, 0.717) is 26.3 Å². The van der Waals surface area contributed by atoms with Gasteiger partial charge in [0.1, 0.15) is 5.82 Å². The number of imidazole rings is 1. The molecule has 2 aliphatic rings. The fourth-order valence-corrected chi connectivity index (χ4v) is 3.26. The number of aromatic nitrogens is 2. The summed E-state index contributed by atoms with van der Waals surface area (Å²) in [6.45, 7) is 3.66. The number of fused-ring (bicyclic) bond motifs is 3. The smallest absolute Gasteiger partial charge is 0.254 e. The summed E-state index contributed by atoms with van der Waals surface area (Å²) in [4.78, 5) is 19.1. The van der Waals surface area contributed by atoms with E-state index in [2.05, 4.69) is 4.57 Å². The van der Waals surface area contributed by atoms with E-state index in [9.17, 15) is 4.79 Å². The minimum Gasteiger partial charge on any atom is -0.378 e. The molecule has 1 amide bonds. The van der Waals surface area contributed by atoms with Crippen LogP contribution in [0.2, 0.25) is 0 Å². The largest absolute Gasteiger partial charge is 0.378 e. The van der Waals surface area contributed by atoms with E-state index in [0.717, 1.165) is 35.4 Å². The molecule has 1 aromatic heterocycles. The van der Waals surface area contributed by atoms with Crippen LogP contribution in [0.5, 0.6) is 0 Å². The Hall–Kier alpha value is -1.88. The van der Waals surface area contributed by atoms with E-state index in [1.807, 2.05) is 23.1 Å². The monoisotopic (exact) mass is 285 g/mol. The van der Waals surface area contributed by atoms with Crippen LogP contribution in [-0.2, 0) is 17.7 Å². The summed E-state index contributed by atoms with van der Waals surface area (Å²) in [5.74, 6) is 1.25. The Kier molecular flexibility index (Phi) is 3.15. The maximum absolute atomic E-state index is 12.5. The molecule has 3 heterocycles. The lowest BCUT2D eigenvalue weighted by atomic mass is 10.1. The second-order valence-electron chi connectivity index (χ2n) is 5.74. The maximum atomic E-state index is 12.5. The molecule has 2 aliphatic heterocycles. The summed E-state index contributed by atoms with van der Waals surface area (Å²) in [5, 5.41) is 0. The van der Waals surface area contributed by atoms with Crippen molar-refractivity contribution in [2.75, 3.05) is 26.3 Å². The van der Waals surface area contributed by atoms with Gasteiger partial charge < -0.3 is 14.2 Å². The quantitative estimate of drug-likeness (QED) is 0.803. The number of hydrogen-bond acceptors (Lipinski definition) is 3. The Bertz CT molecular complexity index is 686. The van der Waals surface area contributed by atoms with Crippen LogP contribution >= 0.6 is 0 Å². The molecule has 0 spiro atoms. The molecule has 1 fully saturated rings. The summed E-state index contributed by atoms with van der Waals surface area (Å²) in [7, 11) is 0. The zero-order chi connectivity index (χ0) is 14.2. The summed E-state index contributed by atoms with van der Waals surface area (Å²) < 4.78 is 7.59. The van der Waals surface area contributed by atoms with Gasteiger partial charge in [0.25, 0.3) is 5.91 Å². The highest BCUT2D eigenvalue weighted by Crippen LogP contribution is 2.23. The van der Waals surface area contributed by atoms with E-state index >= 15 is 0 Å². The molecule has 0 unspecified atom stereocenters. The van der Waals surface area contributed by atoms with Gasteiger partial charge in [0, 0.05) is 31.6 Å². The highest BCUT2D eigenvalue weighted by atomic mass is 16.5. The first-order valence-electron chi connectivity index (χ1n) is 7.69. The topological polar surface area (TPSA) is 47.4 Å². The summed E-state index contributed by atoms with van der Waals surface area (Å²) in [6, 6.07) is 5.92. The number of amides is 1. The van der Waals surface area contributed by atoms with Crippen LogP contribution in [0.25, 0.3) is 11.0 Å². The lowest BCUT2D eigenvalue weighted by Gasteiger charge is -2.26. The van der Waals surface area contributed by atoms with Gasteiger partial charge in [-0.2, -0.15) is 0 Å². The summed E-state index contributed by atoms with van der Waals surface area (Å²) in [5.41, 5.74) is 2.84. The van der Waals surface area contributed by atoms with Crippen molar-refractivity contribution in [2.24, 2.45) is 0 Å². The fraction of sp³-hybridized carbons (Fsp3) is 0.500. The van der Waals surface area contributed by atoms with Gasteiger partial charge in [-0.1, -0.05) is 0 Å². The Balaban J connectivity index is 1.68. The second-order valence-corrected chi connectivity index (χ2v) is 5.74. The Morgan fingerprint density at radius 3 is 2.86 bits per heavy atom. The van der Waals surface area contributed by atoms with Crippen molar-refractivity contribution in [3.63, 3.8) is 0 Å². The Morgan fingerprint density at radius 2 is 2.00 bits per heavy atom. The van der Waals surface area contributed by atoms with Crippen LogP contribution in [0.15, 0.2) is 18.2 Å². The van der Waals surface area contributed by atoms with E-state index in [-0.39, 0.29) is 5.91 Å². The summed E-state index contributed by atoms with van der Waals surface area (Å²) >= 11 is 0. The molecular formula is C16H19N3O2. The number of carbonyl (C=O) groups excluding carboxylic acids is 1. The predicted molar refractivity (Wildman–Crippen MR) is 79.4 cm³/mol. The standard InChI is InChI=1S/C16H19N3O2/c20-16(18-7-9-21-10-8-18)12-4-5-14-13(11-12)17-15-3-1-2-6-19(14)15/h4-5,11H,1-3,6-10H2. The van der Waals surface area contributed by atoms with Crippen molar-refractivity contribution in [1.82, 2.24) is 14.5 Å². The molecular weight excluding hydrogens is 266 g/mol. The number of rotatable bonds is 1. The SMILES string of the molecule is O=C(c1ccc2c(c1)nc1n2CCCC1)N1CCOCC1. The maximum Gasteiger partial charge on any atom is 0.254 e. The van der Waals surface area contributed by atoms with Gasteiger partial charge in [0.2, 0.25) is 0 Å². The first-order valence-corrected chi connectivity index (χ1v) is 7.69. The lowest BCUT2D eigenvalue weighted by molar-refractivity contribution is 0.0303. The molecule has 1 saturated heterocycles. The number of benzene rings is 1. The van der Waals surface area contributed by atoms with Crippen LogP contribution < -0.4 is 0 Å². The van der Waals surface area contributed by atoms with Crippen molar-refractivity contribution in [3.8, 4) is 0 Å². The van der Waals surface area contributed by atoms with Crippen LogP contribution in [0, 0.1) is 0 Å². The molecule has 0 aliphatic carbocycles. The van der Waals surface area contributed by atoms with E-state index < -0.39 is 0 Å². The van der Waals surface area contributed by atoms with Crippen LogP contribution in [-0.4, -0.2) is 46.7 Å². The molecule has 5 nitrogen and oxygen atoms in total. The first-order chi connectivity index (χ1) is 10.3. The molecule has 0 radical (unpaired) electrons. The number of hydrogen-bond donors (Lipinski definition) is 0. The average molecular weight is 285 g/mol. The second kappa shape index (κ2) is 5.15. The zero-order valence-electron chi connectivity index (χ0n) is 12.0. The molecule has 21 heavy (non-hydrogen) atoms. The third-order valence-electron chi connectivity index (χ3n) is 4.40. The summed E-state index contributed by atoms with van der Waals surface area (Å²) in [6.07, 6.45) is 3.47. The third-order valence-corrected chi connectivity index (χ3v) is 4.40. The number of nitrogens with zero attached hydrogens (tertiary/aromatic N) is 3. The van der Waals surface area contributed by atoms with Crippen LogP contribution in [0.4, 0.5) is 0 Å². The molecule has 0 atom stereocenters. The normalized spacial score (nSPS) is 18.8. The van der Waals surface area contributed by atoms with Crippen molar-refractivity contribution < 1.29 is 9.53 Å². The predicted octanol–water partition coefficient (Wildman–Crippen LogP) is 1.85. The zero-order valence-corrected chi connectivity index (χ0v) is 12.0. The van der Waals surface area contributed by atoms with Crippen molar-refractivity contribution in [1.29, 1.82) is 0 Å². The number of morpholine rings is 1. The van der Waals surface area contributed by atoms with Gasteiger partial charge in [0.15, 0.2) is 0 Å². The van der Waals surface area contributed by atoms with Crippen molar-refractivity contribution in [2.45, 2.75) is 25.8 Å².